The summed E-state index contributed by atoms with van der Waals surface area (Å²) < 4.78 is 16.7. The number of rotatable bonds is 2. The van der Waals surface area contributed by atoms with Crippen molar-refractivity contribution < 1.29 is 4.21 Å². The zero-order valence-electron chi connectivity index (χ0n) is 9.20. The predicted octanol–water partition coefficient (Wildman–Crippen LogP) is 3.78. The smallest absolute Gasteiger partial charge is 0.145 e. The van der Waals surface area contributed by atoms with E-state index in [1.54, 1.807) is 11.3 Å². The summed E-state index contributed by atoms with van der Waals surface area (Å²) in [7, 11) is -1.18. The molecule has 0 spiro atoms. The van der Waals surface area contributed by atoms with E-state index in [0.29, 0.717) is 0 Å². The normalized spacial score (nSPS) is 15.4. The second-order valence-corrected chi connectivity index (χ2v) is 7.90. The molecule has 0 aliphatic heterocycles. The number of hydrogen-bond acceptors (Lipinski definition) is 2. The minimum absolute atomic E-state index is 0.296. The molecule has 1 aromatic heterocycles. The summed E-state index contributed by atoms with van der Waals surface area (Å²) in [6.07, 6.45) is 0. The fraction of sp³-hybridized carbons (Fsp3) is 0.500. The van der Waals surface area contributed by atoms with E-state index in [1.165, 1.54) is 0 Å². The van der Waals surface area contributed by atoms with E-state index in [2.05, 4.69) is 20.3 Å². The predicted molar refractivity (Wildman–Crippen MR) is 72.1 cm³/mol. The maximum Gasteiger partial charge on any atom is 0.145 e. The highest BCUT2D eigenvalue weighted by molar-refractivity contribution is 9.10. The Bertz CT molecular complexity index is 404. The van der Waals surface area contributed by atoms with Crippen molar-refractivity contribution in [3.8, 4) is 0 Å². The molecule has 0 saturated carbocycles. The van der Waals surface area contributed by atoms with Crippen LogP contribution in [0.4, 0.5) is 0 Å². The van der Waals surface area contributed by atoms with Crippen LogP contribution in [0.1, 0.15) is 32.6 Å². The van der Waals surface area contributed by atoms with E-state index in [0.717, 1.165) is 15.1 Å². The minimum Gasteiger partial charge on any atom is -0.234 e. The van der Waals surface area contributed by atoms with Crippen molar-refractivity contribution in [2.24, 2.45) is 4.40 Å². The average Bonchev–Trinajstić information content (AvgIpc) is 2.50. The molecule has 1 rings (SSSR count). The van der Waals surface area contributed by atoms with Crippen molar-refractivity contribution >= 4 is 44.0 Å². The van der Waals surface area contributed by atoms with Crippen LogP contribution in [0.2, 0.25) is 0 Å². The lowest BCUT2D eigenvalue weighted by Gasteiger charge is -2.13. The fourth-order valence-electron chi connectivity index (χ4n) is 0.809. The third kappa shape index (κ3) is 3.81. The molecule has 2 nitrogen and oxygen atoms in total. The first-order chi connectivity index (χ1) is 6.80. The molecule has 84 valence electrons. The molecule has 1 aromatic rings. The molecule has 0 fully saturated rings. The summed E-state index contributed by atoms with van der Waals surface area (Å²) in [5.41, 5.74) is 0.832. The van der Waals surface area contributed by atoms with Crippen molar-refractivity contribution in [2.45, 2.75) is 32.4 Å². The molecule has 0 amide bonds. The van der Waals surface area contributed by atoms with E-state index in [4.69, 9.17) is 0 Å². The summed E-state index contributed by atoms with van der Waals surface area (Å²) in [5.74, 6) is 0. The standard InChI is InChI=1S/C10H14BrNOS2/c1-7(9-5-8(11)6-14-9)12-15(13)10(2,3)4/h5-6H,1-4H3. The van der Waals surface area contributed by atoms with Gasteiger partial charge < -0.3 is 0 Å². The minimum atomic E-state index is -1.18. The highest BCUT2D eigenvalue weighted by Crippen LogP contribution is 2.21. The second kappa shape index (κ2) is 4.89. The van der Waals surface area contributed by atoms with E-state index in [1.807, 2.05) is 39.1 Å². The monoisotopic (exact) mass is 307 g/mol. The molecule has 1 unspecified atom stereocenters. The molecule has 5 heteroatoms. The van der Waals surface area contributed by atoms with E-state index in [9.17, 15) is 4.21 Å². The van der Waals surface area contributed by atoms with Gasteiger partial charge in [-0.3, -0.25) is 0 Å². The van der Waals surface area contributed by atoms with Gasteiger partial charge in [0, 0.05) is 9.85 Å². The third-order valence-corrected chi connectivity index (χ3v) is 4.96. The lowest BCUT2D eigenvalue weighted by Crippen LogP contribution is -2.20. The summed E-state index contributed by atoms with van der Waals surface area (Å²) in [6.45, 7) is 7.65. The first-order valence-electron chi connectivity index (χ1n) is 4.52. The van der Waals surface area contributed by atoms with E-state index >= 15 is 0 Å². The SMILES string of the molecule is CC(=NS(=O)C(C)(C)C)c1cc(Br)cs1. The van der Waals surface area contributed by atoms with Gasteiger partial charge in [0.1, 0.15) is 11.0 Å². The Balaban J connectivity index is 2.90. The Hall–Kier alpha value is -0.0000000000000000833. The number of nitrogens with zero attached hydrogens (tertiary/aromatic N) is 1. The zero-order chi connectivity index (χ0) is 11.6. The number of hydrogen-bond donors (Lipinski definition) is 0. The van der Waals surface area contributed by atoms with Crippen LogP contribution < -0.4 is 0 Å². The molecule has 0 bridgehead atoms. The van der Waals surface area contributed by atoms with Crippen molar-refractivity contribution in [1.29, 1.82) is 0 Å². The van der Waals surface area contributed by atoms with Crippen LogP contribution in [-0.4, -0.2) is 14.7 Å². The lowest BCUT2D eigenvalue weighted by molar-refractivity contribution is 0.650. The van der Waals surface area contributed by atoms with Gasteiger partial charge in [0.15, 0.2) is 0 Å². The Labute approximate surface area is 106 Å². The zero-order valence-corrected chi connectivity index (χ0v) is 12.4. The van der Waals surface area contributed by atoms with Crippen LogP contribution in [0.3, 0.4) is 0 Å². The van der Waals surface area contributed by atoms with Crippen LogP contribution in [0, 0.1) is 0 Å². The Morgan fingerprint density at radius 3 is 2.53 bits per heavy atom. The number of halogens is 1. The molecule has 1 atom stereocenters. The third-order valence-electron chi connectivity index (χ3n) is 1.67. The molecular formula is C10H14BrNOS2. The molecular weight excluding hydrogens is 294 g/mol. The van der Waals surface area contributed by atoms with Gasteiger partial charge in [-0.15, -0.1) is 11.3 Å². The molecule has 1 heterocycles. The Morgan fingerprint density at radius 1 is 1.53 bits per heavy atom. The van der Waals surface area contributed by atoms with Gasteiger partial charge in [-0.05, 0) is 49.7 Å². The molecule has 0 aliphatic rings. The van der Waals surface area contributed by atoms with E-state index < -0.39 is 11.0 Å². The van der Waals surface area contributed by atoms with E-state index in [-0.39, 0.29) is 4.75 Å². The quantitative estimate of drug-likeness (QED) is 0.765. The lowest BCUT2D eigenvalue weighted by atomic mass is 10.3. The van der Waals surface area contributed by atoms with Gasteiger partial charge in [-0.1, -0.05) is 0 Å². The topological polar surface area (TPSA) is 29.4 Å². The molecule has 0 aromatic carbocycles. The van der Waals surface area contributed by atoms with Gasteiger partial charge in [0.05, 0.1) is 15.3 Å². The largest absolute Gasteiger partial charge is 0.234 e. The maximum absolute atomic E-state index is 11.8. The van der Waals surface area contributed by atoms with Gasteiger partial charge in [0.2, 0.25) is 0 Å². The van der Waals surface area contributed by atoms with Crippen LogP contribution in [-0.2, 0) is 11.0 Å². The summed E-state index contributed by atoms with van der Waals surface area (Å²) in [5, 5.41) is 1.99. The van der Waals surface area contributed by atoms with Crippen molar-refractivity contribution in [3.05, 3.63) is 20.8 Å². The maximum atomic E-state index is 11.8. The van der Waals surface area contributed by atoms with Gasteiger partial charge >= 0.3 is 0 Å². The number of thiophene rings is 1. The highest BCUT2D eigenvalue weighted by atomic mass is 79.9. The van der Waals surface area contributed by atoms with Crippen LogP contribution in [0.5, 0.6) is 0 Å². The van der Waals surface area contributed by atoms with Crippen LogP contribution in [0.15, 0.2) is 20.3 Å². The van der Waals surface area contributed by atoms with Crippen molar-refractivity contribution in [2.75, 3.05) is 0 Å². The first kappa shape index (κ1) is 13.1. The van der Waals surface area contributed by atoms with Crippen molar-refractivity contribution in [3.63, 3.8) is 0 Å². The fourth-order valence-corrected chi connectivity index (χ4v) is 2.87. The van der Waals surface area contributed by atoms with Crippen LogP contribution in [0.25, 0.3) is 0 Å². The highest BCUT2D eigenvalue weighted by Gasteiger charge is 2.19. The molecule has 0 radical (unpaired) electrons. The summed E-state index contributed by atoms with van der Waals surface area (Å²) in [6, 6.07) is 1.99. The van der Waals surface area contributed by atoms with Crippen molar-refractivity contribution in [1.82, 2.24) is 0 Å². The molecule has 0 N–H and O–H groups in total. The van der Waals surface area contributed by atoms with Gasteiger partial charge in [-0.2, -0.15) is 4.40 Å². The van der Waals surface area contributed by atoms with Gasteiger partial charge in [-0.25, -0.2) is 4.21 Å². The Kier molecular flexibility index (Phi) is 4.26. The summed E-state index contributed by atoms with van der Waals surface area (Å²) in [4.78, 5) is 1.06. The summed E-state index contributed by atoms with van der Waals surface area (Å²) >= 11 is 4.98. The first-order valence-corrected chi connectivity index (χ1v) is 7.30. The second-order valence-electron chi connectivity index (χ2n) is 4.17. The molecule has 0 saturated heterocycles. The van der Waals surface area contributed by atoms with Gasteiger partial charge in [0.25, 0.3) is 0 Å². The Morgan fingerprint density at radius 2 is 2.13 bits per heavy atom. The van der Waals surface area contributed by atoms with Crippen LogP contribution >= 0.6 is 27.3 Å². The molecule has 0 aliphatic carbocycles. The average molecular weight is 308 g/mol. The molecule has 15 heavy (non-hydrogen) atoms.